The number of aromatic nitrogens is 4. The van der Waals surface area contributed by atoms with E-state index in [1.807, 2.05) is 45.3 Å². The van der Waals surface area contributed by atoms with Gasteiger partial charge >= 0.3 is 0 Å². The van der Waals surface area contributed by atoms with Gasteiger partial charge in [0.05, 0.1) is 62.9 Å². The lowest BCUT2D eigenvalue weighted by molar-refractivity contribution is 1.19. The third-order valence-electron chi connectivity index (χ3n) is 30.5. The molecular weight excluding hydrogens is 2160 g/mol. The highest BCUT2D eigenvalue weighted by Crippen LogP contribution is 2.55. The molecule has 33 rings (SSSR count). The SMILES string of the molecule is Brc1cc2c3c4ccccc4ccc3n(-c3ccccc3)c2c2sc3cc4ccccc4cc3c12.Brc1cc2c3ccc4ccccc4c3n(-c3ccccc3)c2c2sc3ccccc3c12.Brc1cc2c3ccccc3n(-c3ccccc3)c2c2sc3ccc(-c4ccc5c(ccc6ccccc65)c4)cc3c12.Brc1cc2c3ccccc3sc2c2c1c1ccccc1n2-c1cc(-c2ccccc2)cc(-c2cccc3ccccc23)c1. The van der Waals surface area contributed by atoms with Crippen molar-refractivity contribution in [1.82, 2.24) is 18.3 Å². The van der Waals surface area contributed by atoms with Gasteiger partial charge in [0.1, 0.15) is 0 Å². The minimum atomic E-state index is 1.13. The molecule has 25 aromatic carbocycles. The van der Waals surface area contributed by atoms with E-state index >= 15 is 0 Å². The van der Waals surface area contributed by atoms with Gasteiger partial charge in [-0.3, -0.25) is 0 Å². The first-order valence-corrected chi connectivity index (χ1v) is 56.7. The predicted molar refractivity (Wildman–Crippen MR) is 667 cm³/mol. The van der Waals surface area contributed by atoms with Crippen molar-refractivity contribution in [3.05, 3.63) is 503 Å². The molecular formula is C138H80Br4N4S4. The Morgan fingerprint density at radius 3 is 1.24 bits per heavy atom. The molecule has 150 heavy (non-hydrogen) atoms. The van der Waals surface area contributed by atoms with Crippen LogP contribution in [0.3, 0.4) is 0 Å². The summed E-state index contributed by atoms with van der Waals surface area (Å²) in [5.41, 5.74) is 22.1. The fourth-order valence-corrected chi connectivity index (χ4v) is 31.9. The molecule has 0 aliphatic carbocycles. The molecule has 704 valence electrons. The molecule has 0 unspecified atom stereocenters. The van der Waals surface area contributed by atoms with Gasteiger partial charge in [-0.1, -0.05) is 410 Å². The number of thiophene rings is 4. The summed E-state index contributed by atoms with van der Waals surface area (Å²) in [5.74, 6) is 0. The van der Waals surface area contributed by atoms with Crippen molar-refractivity contribution in [2.24, 2.45) is 0 Å². The molecule has 0 saturated heterocycles. The molecule has 0 saturated carbocycles. The number of rotatable bonds is 7. The minimum Gasteiger partial charge on any atom is -0.308 e. The predicted octanol–water partition coefficient (Wildman–Crippen LogP) is 43.6. The zero-order chi connectivity index (χ0) is 99.2. The van der Waals surface area contributed by atoms with E-state index in [-0.39, 0.29) is 0 Å². The molecule has 0 N–H and O–H groups in total. The van der Waals surface area contributed by atoms with Crippen LogP contribution >= 0.6 is 109 Å². The van der Waals surface area contributed by atoms with Crippen LogP contribution in [-0.4, -0.2) is 18.3 Å². The number of hydrogen-bond acceptors (Lipinski definition) is 4. The van der Waals surface area contributed by atoms with Gasteiger partial charge in [-0.05, 0) is 232 Å². The quantitative estimate of drug-likeness (QED) is 0.142. The molecule has 0 radical (unpaired) electrons. The van der Waals surface area contributed by atoms with E-state index in [9.17, 15) is 0 Å². The van der Waals surface area contributed by atoms with Crippen molar-refractivity contribution in [3.8, 4) is 56.1 Å². The Morgan fingerprint density at radius 2 is 0.553 bits per heavy atom. The van der Waals surface area contributed by atoms with Crippen LogP contribution < -0.4 is 0 Å². The van der Waals surface area contributed by atoms with Gasteiger partial charge < -0.3 is 18.3 Å². The molecule has 0 fully saturated rings. The summed E-state index contributed by atoms with van der Waals surface area (Å²) in [4.78, 5) is 0. The van der Waals surface area contributed by atoms with Crippen LogP contribution in [0, 0.1) is 0 Å². The average molecular weight is 2240 g/mol. The Bertz CT molecular complexity index is 11500. The van der Waals surface area contributed by atoms with E-state index in [0.29, 0.717) is 0 Å². The Morgan fingerprint density at radius 1 is 0.147 bits per heavy atom. The van der Waals surface area contributed by atoms with Crippen LogP contribution in [0.1, 0.15) is 0 Å². The lowest BCUT2D eigenvalue weighted by Crippen LogP contribution is -1.96. The minimum absolute atomic E-state index is 1.13. The van der Waals surface area contributed by atoms with Crippen LogP contribution in [0.5, 0.6) is 0 Å². The Hall–Kier alpha value is -15.9. The lowest BCUT2D eigenvalue weighted by atomic mass is 9.94. The number of benzene rings is 25. The molecule has 0 bridgehead atoms. The van der Waals surface area contributed by atoms with Crippen LogP contribution in [0.4, 0.5) is 0 Å². The molecule has 0 aliphatic rings. The summed E-state index contributed by atoms with van der Waals surface area (Å²) < 4.78 is 25.0. The van der Waals surface area contributed by atoms with Gasteiger partial charge in [0.15, 0.2) is 0 Å². The molecule has 8 heterocycles. The average Bonchev–Trinajstić information content (AvgIpc) is 1.53. The highest BCUT2D eigenvalue weighted by Gasteiger charge is 2.29. The molecule has 33 aromatic rings. The molecule has 0 aliphatic heterocycles. The van der Waals surface area contributed by atoms with Gasteiger partial charge in [0.2, 0.25) is 0 Å². The van der Waals surface area contributed by atoms with Crippen LogP contribution in [0.25, 0.3) is 289 Å². The number of para-hydroxylation sites is 5. The maximum absolute atomic E-state index is 4.02. The first-order valence-electron chi connectivity index (χ1n) is 50.3. The first kappa shape index (κ1) is 89.3. The van der Waals surface area contributed by atoms with E-state index < -0.39 is 0 Å². The molecule has 8 aromatic heterocycles. The van der Waals surface area contributed by atoms with E-state index in [4.69, 9.17) is 0 Å². The van der Waals surface area contributed by atoms with Crippen molar-refractivity contribution >= 4 is 342 Å². The second-order valence-corrected chi connectivity index (χ2v) is 46.4. The number of fused-ring (bicyclic) bond motifs is 37. The van der Waals surface area contributed by atoms with Crippen molar-refractivity contribution in [3.63, 3.8) is 0 Å². The second-order valence-electron chi connectivity index (χ2n) is 38.8. The number of nitrogens with zero attached hydrogens (tertiary/aromatic N) is 4. The van der Waals surface area contributed by atoms with E-state index in [0.717, 1.165) is 23.6 Å². The molecule has 4 nitrogen and oxygen atoms in total. The third-order valence-corrected chi connectivity index (χ3v) is 37.7. The van der Waals surface area contributed by atoms with Gasteiger partial charge in [-0.25, -0.2) is 0 Å². The summed E-state index contributed by atoms with van der Waals surface area (Å²) in [7, 11) is 0. The third kappa shape index (κ3) is 14.3. The van der Waals surface area contributed by atoms with E-state index in [1.165, 1.54) is 283 Å². The summed E-state index contributed by atoms with van der Waals surface area (Å²) in [6.07, 6.45) is 0. The fraction of sp³-hybridized carbons (Fsp3) is 0. The smallest absolute Gasteiger partial charge is 0.0731 e. The van der Waals surface area contributed by atoms with Crippen molar-refractivity contribution in [1.29, 1.82) is 0 Å². The Labute approximate surface area is 910 Å². The largest absolute Gasteiger partial charge is 0.308 e. The molecule has 0 amide bonds. The zero-order valence-electron chi connectivity index (χ0n) is 80.1. The van der Waals surface area contributed by atoms with Gasteiger partial charge in [-0.15, -0.1) is 45.3 Å². The summed E-state index contributed by atoms with van der Waals surface area (Å²) in [5, 5.41) is 36.0. The highest BCUT2D eigenvalue weighted by atomic mass is 79.9. The van der Waals surface area contributed by atoms with E-state index in [2.05, 4.69) is 567 Å². The fourth-order valence-electron chi connectivity index (χ4n) is 23.9. The van der Waals surface area contributed by atoms with E-state index in [1.54, 1.807) is 0 Å². The standard InChI is InChI=1S/C40H24BrNS.C38H22BrNS.C32H18BrNS.C28H16BrNS/c41-35-24-34-32-16-7-9-20-37(32)43-40(34)39-38(35)33-17-6-8-19-36(33)42(39)29-22-27(25-11-2-1-3-12-25)21-28(23-29)31-18-10-14-26-13-4-5-15-30(26)31;39-33-22-31-30-12-6-7-13-34(30)40(27-9-2-1-3-10-27)37(31)38-36(33)32-21-25(17-19-35(32)41-38)24-16-18-29-26(20-24)15-14-23-8-4-5-11-28(23)29;33-26-18-25-29-23-13-7-6-8-19(23)14-15-27(29)34(22-11-2-1-3-12-22)31(25)32-30(26)24-16-20-9-4-5-10-21(20)17-28(24)35-32;29-23-16-22-20-15-14-17-8-4-5-11-19(17)26(20)30(18-9-2-1-3-10-18)27(22)28-25(23)21-12-6-7-13-24(21)31-28/h1-24H;1-22H;1-18H;1-16H. The molecule has 0 atom stereocenters. The van der Waals surface area contributed by atoms with Crippen LogP contribution in [0.15, 0.2) is 503 Å². The van der Waals surface area contributed by atoms with Crippen LogP contribution in [0.2, 0.25) is 0 Å². The molecule has 12 heteroatoms. The summed E-state index contributed by atoms with van der Waals surface area (Å²) in [6, 6.07) is 176. The highest BCUT2D eigenvalue weighted by molar-refractivity contribution is 9.11. The van der Waals surface area contributed by atoms with Gasteiger partial charge in [0.25, 0.3) is 0 Å². The van der Waals surface area contributed by atoms with Gasteiger partial charge in [0, 0.05) is 151 Å². The monoisotopic (exact) mass is 2240 g/mol. The Balaban J connectivity index is 0.0000000925. The summed E-state index contributed by atoms with van der Waals surface area (Å²) >= 11 is 23.5. The second kappa shape index (κ2) is 36.0. The maximum atomic E-state index is 4.02. The van der Waals surface area contributed by atoms with Gasteiger partial charge in [-0.2, -0.15) is 0 Å². The summed E-state index contributed by atoms with van der Waals surface area (Å²) in [6.45, 7) is 0. The first-order chi connectivity index (χ1) is 74.1. The lowest BCUT2D eigenvalue weighted by Gasteiger charge is -2.15. The zero-order valence-corrected chi connectivity index (χ0v) is 89.7. The van der Waals surface area contributed by atoms with Crippen molar-refractivity contribution < 1.29 is 0 Å². The normalized spacial score (nSPS) is 12.0. The van der Waals surface area contributed by atoms with Crippen molar-refractivity contribution in [2.75, 3.05) is 0 Å². The van der Waals surface area contributed by atoms with Crippen LogP contribution in [-0.2, 0) is 0 Å². The van der Waals surface area contributed by atoms with Crippen molar-refractivity contribution in [2.45, 2.75) is 0 Å². The number of hydrogen-bond donors (Lipinski definition) is 0. The number of halogens is 4. The topological polar surface area (TPSA) is 19.7 Å². The Kier molecular flexibility index (Phi) is 21.4. The molecule has 0 spiro atoms. The maximum Gasteiger partial charge on any atom is 0.0731 e.